The molecule has 2 heterocycles. The quantitative estimate of drug-likeness (QED) is 0.619. The number of carbonyl (C=O) groups excluding carboxylic acids is 2. The Morgan fingerprint density at radius 3 is 2.32 bits per heavy atom. The first kappa shape index (κ1) is 25.9. The molecular formula is C24H35N5O4S. The molecular weight excluding hydrogens is 454 g/mol. The van der Waals surface area contributed by atoms with E-state index in [9.17, 15) is 18.0 Å². The van der Waals surface area contributed by atoms with Crippen LogP contribution in [0.1, 0.15) is 50.8 Å². The fourth-order valence-electron chi connectivity index (χ4n) is 4.12. The molecule has 9 nitrogen and oxygen atoms in total. The summed E-state index contributed by atoms with van der Waals surface area (Å²) in [6, 6.07) is 8.70. The highest BCUT2D eigenvalue weighted by atomic mass is 32.2. The van der Waals surface area contributed by atoms with E-state index in [1.54, 1.807) is 0 Å². The minimum absolute atomic E-state index is 0.0143. The van der Waals surface area contributed by atoms with Crippen LogP contribution in [-0.4, -0.2) is 59.5 Å². The summed E-state index contributed by atoms with van der Waals surface area (Å²) in [6.07, 6.45) is 0. The van der Waals surface area contributed by atoms with Crippen LogP contribution in [0.25, 0.3) is 11.4 Å². The van der Waals surface area contributed by atoms with Crippen LogP contribution in [0, 0.1) is 11.3 Å². The average Bonchev–Trinajstić information content (AvgIpc) is 3.15. The Hall–Kier alpha value is -2.72. The first-order chi connectivity index (χ1) is 15.8. The minimum Gasteiger partial charge on any atom is -0.357 e. The van der Waals surface area contributed by atoms with Gasteiger partial charge in [0.1, 0.15) is 11.9 Å². The molecule has 186 valence electrons. The van der Waals surface area contributed by atoms with Crippen molar-refractivity contribution < 1.29 is 18.0 Å². The number of rotatable bonds is 7. The third kappa shape index (κ3) is 5.50. The van der Waals surface area contributed by atoms with Gasteiger partial charge >= 0.3 is 0 Å². The second-order valence-electron chi connectivity index (χ2n) is 10.1. The van der Waals surface area contributed by atoms with Crippen molar-refractivity contribution >= 4 is 21.8 Å². The predicted octanol–water partition coefficient (Wildman–Crippen LogP) is 2.24. The molecule has 0 unspecified atom stereocenters. The molecule has 1 atom stereocenters. The summed E-state index contributed by atoms with van der Waals surface area (Å²) in [5, 5.41) is 5.43. The van der Waals surface area contributed by atoms with Gasteiger partial charge in [-0.15, -0.1) is 0 Å². The summed E-state index contributed by atoms with van der Waals surface area (Å²) >= 11 is 0. The van der Waals surface area contributed by atoms with E-state index in [4.69, 9.17) is 0 Å². The number of hydrogen-bond donors (Lipinski definition) is 2. The number of aromatic nitrogens is 2. The Morgan fingerprint density at radius 1 is 1.12 bits per heavy atom. The lowest BCUT2D eigenvalue weighted by Gasteiger charge is -2.31. The summed E-state index contributed by atoms with van der Waals surface area (Å²) in [7, 11) is -1.97. The number of fused-ring (bicyclic) bond motifs is 1. The van der Waals surface area contributed by atoms with Crippen molar-refractivity contribution in [3.05, 3.63) is 41.7 Å². The number of nitrogens with zero attached hydrogens (tertiary/aromatic N) is 3. The van der Waals surface area contributed by atoms with Gasteiger partial charge in [0.05, 0.1) is 18.0 Å². The normalized spacial score (nSPS) is 15.6. The molecule has 2 aromatic rings. The SMILES string of the molecule is CNC(=O)[C@@H](NC(=O)c1nc(-c2ccccc2)n2c1CN(S(=O)(=O)CC(C)C)CC2)C(C)(C)C. The number of sulfonamides is 1. The first-order valence-corrected chi connectivity index (χ1v) is 13.1. The van der Waals surface area contributed by atoms with Gasteiger partial charge in [0, 0.05) is 25.7 Å². The van der Waals surface area contributed by atoms with Crippen molar-refractivity contribution in [3.63, 3.8) is 0 Å². The van der Waals surface area contributed by atoms with Crippen LogP contribution in [0.15, 0.2) is 30.3 Å². The fraction of sp³-hybridized carbons (Fsp3) is 0.542. The number of nitrogens with one attached hydrogen (secondary N) is 2. The topological polar surface area (TPSA) is 113 Å². The van der Waals surface area contributed by atoms with Crippen molar-refractivity contribution in [2.45, 2.75) is 53.8 Å². The molecule has 10 heteroatoms. The number of carbonyl (C=O) groups is 2. The Balaban J connectivity index is 2.05. The van der Waals surface area contributed by atoms with Crippen LogP contribution in [0.4, 0.5) is 0 Å². The molecule has 34 heavy (non-hydrogen) atoms. The van der Waals surface area contributed by atoms with Gasteiger partial charge in [-0.2, -0.15) is 4.31 Å². The molecule has 2 amide bonds. The highest BCUT2D eigenvalue weighted by Gasteiger charge is 2.36. The number of hydrogen-bond acceptors (Lipinski definition) is 5. The van der Waals surface area contributed by atoms with Crippen LogP contribution in [0.3, 0.4) is 0 Å². The maximum atomic E-state index is 13.4. The van der Waals surface area contributed by atoms with Crippen molar-refractivity contribution in [1.29, 1.82) is 0 Å². The smallest absolute Gasteiger partial charge is 0.272 e. The molecule has 1 aromatic carbocycles. The highest BCUT2D eigenvalue weighted by molar-refractivity contribution is 7.89. The van der Waals surface area contributed by atoms with Gasteiger partial charge in [0.2, 0.25) is 15.9 Å². The van der Waals surface area contributed by atoms with Crippen molar-refractivity contribution in [2.75, 3.05) is 19.3 Å². The number of likely N-dealkylation sites (N-methyl/N-ethyl adjacent to an activating group) is 1. The Bertz CT molecular complexity index is 1150. The monoisotopic (exact) mass is 489 g/mol. The van der Waals surface area contributed by atoms with Gasteiger partial charge < -0.3 is 15.2 Å². The molecule has 1 aromatic heterocycles. The predicted molar refractivity (Wildman–Crippen MR) is 131 cm³/mol. The molecule has 0 radical (unpaired) electrons. The molecule has 0 fully saturated rings. The third-order valence-electron chi connectivity index (χ3n) is 5.81. The summed E-state index contributed by atoms with van der Waals surface area (Å²) in [5.41, 5.74) is 0.964. The number of benzene rings is 1. The van der Waals surface area contributed by atoms with Crippen molar-refractivity contribution in [3.8, 4) is 11.4 Å². The zero-order valence-electron chi connectivity index (χ0n) is 20.8. The zero-order valence-corrected chi connectivity index (χ0v) is 21.6. The molecule has 0 saturated heterocycles. The van der Waals surface area contributed by atoms with Gasteiger partial charge in [0.15, 0.2) is 5.69 Å². The lowest BCUT2D eigenvalue weighted by Crippen LogP contribution is -2.53. The molecule has 0 bridgehead atoms. The maximum Gasteiger partial charge on any atom is 0.272 e. The van der Waals surface area contributed by atoms with E-state index < -0.39 is 27.4 Å². The molecule has 0 aliphatic carbocycles. The average molecular weight is 490 g/mol. The zero-order chi connectivity index (χ0) is 25.3. The lowest BCUT2D eigenvalue weighted by molar-refractivity contribution is -0.124. The third-order valence-corrected chi connectivity index (χ3v) is 7.99. The van der Waals surface area contributed by atoms with Gasteiger partial charge in [-0.25, -0.2) is 13.4 Å². The van der Waals surface area contributed by atoms with Crippen LogP contribution in [0.5, 0.6) is 0 Å². The highest BCUT2D eigenvalue weighted by Crippen LogP contribution is 2.29. The molecule has 1 aliphatic rings. The standard InChI is InChI=1S/C24H35N5O4S/c1-16(2)15-34(32,33)28-12-13-29-18(14-28)19(26-21(29)17-10-8-7-9-11-17)22(30)27-20(23(31)25-6)24(3,4)5/h7-11,16,20H,12-15H2,1-6H3,(H,25,31)(H,27,30)/t20-/m1/s1. The summed E-state index contributed by atoms with van der Waals surface area (Å²) in [6.45, 7) is 10.1. The van der Waals surface area contributed by atoms with E-state index in [1.807, 2.05) is 69.5 Å². The van der Waals surface area contributed by atoms with Crippen LogP contribution < -0.4 is 10.6 Å². The Morgan fingerprint density at radius 2 is 1.76 bits per heavy atom. The lowest BCUT2D eigenvalue weighted by atomic mass is 9.86. The Labute approximate surface area is 202 Å². The van der Waals surface area contributed by atoms with E-state index in [-0.39, 0.29) is 29.8 Å². The van der Waals surface area contributed by atoms with E-state index in [1.165, 1.54) is 11.4 Å². The van der Waals surface area contributed by atoms with E-state index in [2.05, 4.69) is 15.6 Å². The van der Waals surface area contributed by atoms with Crippen LogP contribution >= 0.6 is 0 Å². The Kier molecular flexibility index (Phi) is 7.52. The summed E-state index contributed by atoms with van der Waals surface area (Å²) in [4.78, 5) is 30.6. The minimum atomic E-state index is -3.49. The van der Waals surface area contributed by atoms with Crippen molar-refractivity contribution in [1.82, 2.24) is 24.5 Å². The largest absolute Gasteiger partial charge is 0.357 e. The van der Waals surface area contributed by atoms with Crippen LogP contribution in [0.2, 0.25) is 0 Å². The summed E-state index contributed by atoms with van der Waals surface area (Å²) in [5.74, 6) is -0.179. The molecule has 0 spiro atoms. The maximum absolute atomic E-state index is 13.4. The molecule has 2 N–H and O–H groups in total. The van der Waals surface area contributed by atoms with Crippen molar-refractivity contribution in [2.24, 2.45) is 11.3 Å². The number of amides is 2. The van der Waals surface area contributed by atoms with E-state index in [0.29, 0.717) is 24.6 Å². The second-order valence-corrected chi connectivity index (χ2v) is 12.2. The van der Waals surface area contributed by atoms with Gasteiger partial charge in [-0.05, 0) is 11.3 Å². The fourth-order valence-corrected chi connectivity index (χ4v) is 5.85. The van der Waals surface area contributed by atoms with Gasteiger partial charge in [-0.1, -0.05) is 65.0 Å². The molecule has 1 aliphatic heterocycles. The molecule has 0 saturated carbocycles. The van der Waals surface area contributed by atoms with Crippen LogP contribution in [-0.2, 0) is 27.9 Å². The van der Waals surface area contributed by atoms with E-state index in [0.717, 1.165) is 5.56 Å². The van der Waals surface area contributed by atoms with Gasteiger partial charge in [-0.3, -0.25) is 9.59 Å². The second kappa shape index (κ2) is 9.87. The van der Waals surface area contributed by atoms with E-state index >= 15 is 0 Å². The summed E-state index contributed by atoms with van der Waals surface area (Å²) < 4.78 is 29.2. The number of imidazole rings is 1. The van der Waals surface area contributed by atoms with Gasteiger partial charge in [0.25, 0.3) is 5.91 Å². The molecule has 3 rings (SSSR count). The first-order valence-electron chi connectivity index (χ1n) is 11.5.